The molecule has 0 aliphatic rings. The van der Waals surface area contributed by atoms with Crippen molar-refractivity contribution in [1.82, 2.24) is 19.4 Å². The highest BCUT2D eigenvalue weighted by Gasteiger charge is 2.19. The Morgan fingerprint density at radius 2 is 1.67 bits per heavy atom. The highest BCUT2D eigenvalue weighted by molar-refractivity contribution is 6.30. The first-order valence-electron chi connectivity index (χ1n) is 9.10. The van der Waals surface area contributed by atoms with Gasteiger partial charge < -0.3 is 4.90 Å². The fourth-order valence-corrected chi connectivity index (χ4v) is 3.35. The zero-order valence-corrected chi connectivity index (χ0v) is 17.0. The van der Waals surface area contributed by atoms with Gasteiger partial charge in [-0.05, 0) is 49.2 Å². The number of nitrogens with zero attached hydrogens (tertiary/aromatic N) is 4. The van der Waals surface area contributed by atoms with Gasteiger partial charge in [0.05, 0.1) is 0 Å². The van der Waals surface area contributed by atoms with Gasteiger partial charge in [-0.3, -0.25) is 9.36 Å². The molecule has 0 N–H and O–H groups in total. The molecule has 1 amide bonds. The van der Waals surface area contributed by atoms with E-state index in [-0.39, 0.29) is 12.5 Å². The molecule has 0 fully saturated rings. The predicted molar refractivity (Wildman–Crippen MR) is 110 cm³/mol. The summed E-state index contributed by atoms with van der Waals surface area (Å²) in [7, 11) is 0. The van der Waals surface area contributed by atoms with Crippen molar-refractivity contribution in [3.63, 3.8) is 0 Å². The molecule has 27 heavy (non-hydrogen) atoms. The molecule has 0 spiro atoms. The number of pyridine rings is 1. The number of carbonyl (C=O) groups is 1. The van der Waals surface area contributed by atoms with Crippen molar-refractivity contribution in [3.05, 3.63) is 46.6 Å². The first-order valence-corrected chi connectivity index (χ1v) is 9.85. The Labute approximate surface area is 168 Å². The minimum atomic E-state index is 0.0509. The lowest BCUT2D eigenvalue weighted by atomic mass is 10.2. The number of amides is 1. The van der Waals surface area contributed by atoms with E-state index in [1.54, 1.807) is 6.07 Å². The molecule has 0 aliphatic heterocycles. The number of hydrogen-bond acceptors (Lipinski definition) is 3. The molecule has 0 bridgehead atoms. The van der Waals surface area contributed by atoms with Crippen LogP contribution >= 0.6 is 23.2 Å². The van der Waals surface area contributed by atoms with Crippen LogP contribution < -0.4 is 0 Å². The zero-order chi connectivity index (χ0) is 19.4. The lowest BCUT2D eigenvalue weighted by Crippen LogP contribution is -2.35. The second-order valence-electron chi connectivity index (χ2n) is 6.39. The maximum Gasteiger partial charge on any atom is 0.242 e. The largest absolute Gasteiger partial charge is 0.341 e. The summed E-state index contributed by atoms with van der Waals surface area (Å²) in [5.74, 6) is 0.729. The van der Waals surface area contributed by atoms with E-state index in [4.69, 9.17) is 23.2 Å². The van der Waals surface area contributed by atoms with Crippen LogP contribution in [0.5, 0.6) is 0 Å². The Hall–Kier alpha value is -2.11. The highest BCUT2D eigenvalue weighted by atomic mass is 35.5. The lowest BCUT2D eigenvalue weighted by molar-refractivity contribution is -0.131. The Kier molecular flexibility index (Phi) is 6.34. The second-order valence-corrected chi connectivity index (χ2v) is 7.21. The SMILES string of the molecule is CCCN(CCC)C(=O)Cn1c(-c2ccc(Cl)cc2)nc2ccc(Cl)nc21. The standard InChI is InChI=1S/C20H22Cl2N4O/c1-3-11-25(12-4-2)18(27)13-26-19(14-5-7-15(21)8-6-14)23-16-9-10-17(22)24-20(16)26/h5-10H,3-4,11-13H2,1-2H3. The number of halogens is 2. The number of carbonyl (C=O) groups excluding carboxylic acids is 1. The average molecular weight is 405 g/mol. The fraction of sp³-hybridized carbons (Fsp3) is 0.350. The molecule has 0 saturated carbocycles. The van der Waals surface area contributed by atoms with Crippen LogP contribution in [-0.4, -0.2) is 38.4 Å². The monoisotopic (exact) mass is 404 g/mol. The second kappa shape index (κ2) is 8.72. The molecule has 0 saturated heterocycles. The molecule has 0 aliphatic carbocycles. The van der Waals surface area contributed by atoms with E-state index in [2.05, 4.69) is 23.8 Å². The molecule has 0 radical (unpaired) electrons. The molecule has 0 unspecified atom stereocenters. The number of fused-ring (bicyclic) bond motifs is 1. The van der Waals surface area contributed by atoms with Crippen molar-refractivity contribution in [2.75, 3.05) is 13.1 Å². The molecule has 0 atom stereocenters. The first kappa shape index (κ1) is 19.6. The van der Waals surface area contributed by atoms with E-state index in [9.17, 15) is 4.79 Å². The van der Waals surface area contributed by atoms with Gasteiger partial charge in [0.1, 0.15) is 23.0 Å². The van der Waals surface area contributed by atoms with E-state index in [1.807, 2.05) is 39.8 Å². The topological polar surface area (TPSA) is 51.0 Å². The van der Waals surface area contributed by atoms with Crippen molar-refractivity contribution in [2.45, 2.75) is 33.2 Å². The summed E-state index contributed by atoms with van der Waals surface area (Å²) in [6.45, 7) is 5.79. The summed E-state index contributed by atoms with van der Waals surface area (Å²) in [5.41, 5.74) is 2.18. The van der Waals surface area contributed by atoms with Gasteiger partial charge in [-0.1, -0.05) is 37.0 Å². The van der Waals surface area contributed by atoms with Gasteiger partial charge >= 0.3 is 0 Å². The quantitative estimate of drug-likeness (QED) is 0.517. The summed E-state index contributed by atoms with van der Waals surface area (Å²) in [4.78, 5) is 23.9. The number of hydrogen-bond donors (Lipinski definition) is 0. The Morgan fingerprint density at radius 3 is 2.30 bits per heavy atom. The van der Waals surface area contributed by atoms with Crippen molar-refractivity contribution in [3.8, 4) is 11.4 Å². The summed E-state index contributed by atoms with van der Waals surface area (Å²) < 4.78 is 1.84. The first-order chi connectivity index (χ1) is 13.0. The van der Waals surface area contributed by atoms with Gasteiger partial charge in [0.2, 0.25) is 5.91 Å². The third kappa shape index (κ3) is 4.42. The Bertz CT molecular complexity index is 931. The van der Waals surface area contributed by atoms with Crippen LogP contribution in [0.1, 0.15) is 26.7 Å². The predicted octanol–water partition coefficient (Wildman–Crippen LogP) is 5.05. The van der Waals surface area contributed by atoms with Gasteiger partial charge in [-0.2, -0.15) is 0 Å². The van der Waals surface area contributed by atoms with Crippen LogP contribution in [-0.2, 0) is 11.3 Å². The highest BCUT2D eigenvalue weighted by Crippen LogP contribution is 2.26. The van der Waals surface area contributed by atoms with Crippen molar-refractivity contribution < 1.29 is 4.79 Å². The molecule has 3 rings (SSSR count). The number of benzene rings is 1. The van der Waals surface area contributed by atoms with Crippen molar-refractivity contribution in [2.24, 2.45) is 0 Å². The molecule has 2 aromatic heterocycles. The Morgan fingerprint density at radius 1 is 1.00 bits per heavy atom. The van der Waals surface area contributed by atoms with Gasteiger partial charge in [0.25, 0.3) is 0 Å². The summed E-state index contributed by atoms with van der Waals surface area (Å²) in [6.07, 6.45) is 1.84. The zero-order valence-electron chi connectivity index (χ0n) is 15.5. The van der Waals surface area contributed by atoms with Gasteiger partial charge in [-0.25, -0.2) is 9.97 Å². The summed E-state index contributed by atoms with van der Waals surface area (Å²) >= 11 is 12.1. The van der Waals surface area contributed by atoms with Gasteiger partial charge in [0.15, 0.2) is 5.65 Å². The average Bonchev–Trinajstić information content (AvgIpc) is 3.00. The number of aromatic nitrogens is 3. The minimum Gasteiger partial charge on any atom is -0.341 e. The van der Waals surface area contributed by atoms with Gasteiger partial charge in [-0.15, -0.1) is 0 Å². The molecule has 7 heteroatoms. The normalized spacial score (nSPS) is 11.1. The van der Waals surface area contributed by atoms with Crippen LogP contribution in [0.2, 0.25) is 10.2 Å². The van der Waals surface area contributed by atoms with Crippen LogP contribution in [0.15, 0.2) is 36.4 Å². The molecule has 142 valence electrons. The maximum atomic E-state index is 13.0. The third-order valence-corrected chi connectivity index (χ3v) is 4.76. The summed E-state index contributed by atoms with van der Waals surface area (Å²) in [5, 5.41) is 1.02. The van der Waals surface area contributed by atoms with E-state index in [0.717, 1.165) is 31.5 Å². The third-order valence-electron chi connectivity index (χ3n) is 4.29. The molecule has 1 aromatic carbocycles. The van der Waals surface area contributed by atoms with E-state index in [0.29, 0.717) is 27.2 Å². The fourth-order valence-electron chi connectivity index (χ4n) is 3.08. The lowest BCUT2D eigenvalue weighted by Gasteiger charge is -2.22. The molecule has 2 heterocycles. The molecule has 3 aromatic rings. The van der Waals surface area contributed by atoms with Crippen molar-refractivity contribution in [1.29, 1.82) is 0 Å². The minimum absolute atomic E-state index is 0.0509. The van der Waals surface area contributed by atoms with Crippen molar-refractivity contribution >= 4 is 40.3 Å². The van der Waals surface area contributed by atoms with Crippen LogP contribution in [0.3, 0.4) is 0 Å². The van der Waals surface area contributed by atoms with E-state index in [1.165, 1.54) is 0 Å². The number of rotatable bonds is 7. The van der Waals surface area contributed by atoms with Crippen LogP contribution in [0.4, 0.5) is 0 Å². The Balaban J connectivity index is 2.06. The number of imidazole rings is 1. The molecule has 5 nitrogen and oxygen atoms in total. The van der Waals surface area contributed by atoms with E-state index < -0.39 is 0 Å². The van der Waals surface area contributed by atoms with E-state index >= 15 is 0 Å². The maximum absolute atomic E-state index is 13.0. The molecular weight excluding hydrogens is 383 g/mol. The van der Waals surface area contributed by atoms with Gasteiger partial charge in [0, 0.05) is 23.7 Å². The summed E-state index contributed by atoms with van der Waals surface area (Å²) in [6, 6.07) is 10.9. The smallest absolute Gasteiger partial charge is 0.242 e. The molecular formula is C20H22Cl2N4O. The van der Waals surface area contributed by atoms with Crippen LogP contribution in [0.25, 0.3) is 22.6 Å². The van der Waals surface area contributed by atoms with Crippen LogP contribution in [0, 0.1) is 0 Å².